The first-order valence-corrected chi connectivity index (χ1v) is 8.78. The molecule has 0 unspecified atom stereocenters. The van der Waals surface area contributed by atoms with Gasteiger partial charge in [-0.2, -0.15) is 0 Å². The van der Waals surface area contributed by atoms with Crippen LogP contribution in [0.5, 0.6) is 0 Å². The number of benzene rings is 2. The summed E-state index contributed by atoms with van der Waals surface area (Å²) < 4.78 is 4.87. The third-order valence-electron chi connectivity index (χ3n) is 4.17. The SMILES string of the molecule is O=C(NNC(=O)c1cc(-c2ccc(Cl)cc2)nc2ccccc12)c1ccoc1. The normalized spacial score (nSPS) is 10.6. The van der Waals surface area contributed by atoms with Crippen LogP contribution >= 0.6 is 11.6 Å². The summed E-state index contributed by atoms with van der Waals surface area (Å²) in [6.07, 6.45) is 2.67. The summed E-state index contributed by atoms with van der Waals surface area (Å²) in [6.45, 7) is 0. The van der Waals surface area contributed by atoms with Crippen molar-refractivity contribution in [1.29, 1.82) is 0 Å². The number of furan rings is 1. The highest BCUT2D eigenvalue weighted by molar-refractivity contribution is 6.30. The van der Waals surface area contributed by atoms with Crippen LogP contribution in [-0.4, -0.2) is 16.8 Å². The van der Waals surface area contributed by atoms with E-state index in [2.05, 4.69) is 15.8 Å². The number of fused-ring (bicyclic) bond motifs is 1. The summed E-state index contributed by atoms with van der Waals surface area (Å²) in [5, 5.41) is 1.29. The zero-order valence-corrected chi connectivity index (χ0v) is 15.2. The minimum Gasteiger partial charge on any atom is -0.472 e. The van der Waals surface area contributed by atoms with Gasteiger partial charge in [-0.25, -0.2) is 4.98 Å². The minimum absolute atomic E-state index is 0.307. The number of hydrogen-bond donors (Lipinski definition) is 2. The molecule has 0 saturated heterocycles. The molecule has 4 aromatic rings. The Balaban J connectivity index is 1.67. The Morgan fingerprint density at radius 3 is 2.43 bits per heavy atom. The second-order valence-corrected chi connectivity index (χ2v) is 6.44. The fourth-order valence-corrected chi connectivity index (χ4v) is 2.90. The zero-order chi connectivity index (χ0) is 19.5. The van der Waals surface area contributed by atoms with Gasteiger partial charge in [-0.15, -0.1) is 0 Å². The number of para-hydroxylation sites is 1. The molecule has 0 aliphatic carbocycles. The number of halogens is 1. The van der Waals surface area contributed by atoms with Crippen LogP contribution in [0, 0.1) is 0 Å². The summed E-state index contributed by atoms with van der Waals surface area (Å²) in [6, 6.07) is 17.7. The number of aromatic nitrogens is 1. The molecule has 2 aromatic heterocycles. The molecule has 2 aromatic carbocycles. The molecule has 0 aliphatic rings. The highest BCUT2D eigenvalue weighted by Crippen LogP contribution is 2.25. The van der Waals surface area contributed by atoms with E-state index in [0.29, 0.717) is 32.7 Å². The summed E-state index contributed by atoms with van der Waals surface area (Å²) in [5.74, 6) is -0.927. The summed E-state index contributed by atoms with van der Waals surface area (Å²) in [7, 11) is 0. The lowest BCUT2D eigenvalue weighted by Crippen LogP contribution is -2.41. The molecular weight excluding hydrogens is 378 g/mol. The molecule has 4 rings (SSSR count). The van der Waals surface area contributed by atoms with Crippen LogP contribution in [0.3, 0.4) is 0 Å². The molecular formula is C21H14ClN3O3. The highest BCUT2D eigenvalue weighted by Gasteiger charge is 2.15. The number of hydrazine groups is 1. The van der Waals surface area contributed by atoms with Gasteiger partial charge in [-0.05, 0) is 30.3 Å². The van der Waals surface area contributed by atoms with Gasteiger partial charge in [0.2, 0.25) is 0 Å². The Morgan fingerprint density at radius 1 is 0.929 bits per heavy atom. The first-order valence-electron chi connectivity index (χ1n) is 8.40. The topological polar surface area (TPSA) is 84.2 Å². The van der Waals surface area contributed by atoms with E-state index in [1.807, 2.05) is 30.3 Å². The molecule has 7 heteroatoms. The van der Waals surface area contributed by atoms with E-state index in [0.717, 1.165) is 5.56 Å². The van der Waals surface area contributed by atoms with Crippen molar-refractivity contribution < 1.29 is 14.0 Å². The van der Waals surface area contributed by atoms with E-state index < -0.39 is 11.8 Å². The molecule has 0 aliphatic heterocycles. The molecule has 138 valence electrons. The van der Waals surface area contributed by atoms with E-state index in [1.165, 1.54) is 18.6 Å². The van der Waals surface area contributed by atoms with Gasteiger partial charge in [0.25, 0.3) is 11.8 Å². The van der Waals surface area contributed by atoms with Gasteiger partial charge in [0.15, 0.2) is 0 Å². The van der Waals surface area contributed by atoms with Crippen LogP contribution in [0.15, 0.2) is 77.6 Å². The first kappa shape index (κ1) is 17.8. The van der Waals surface area contributed by atoms with Crippen LogP contribution in [0.4, 0.5) is 0 Å². The number of nitrogens with zero attached hydrogens (tertiary/aromatic N) is 1. The lowest BCUT2D eigenvalue weighted by Gasteiger charge is -2.11. The maximum atomic E-state index is 12.8. The van der Waals surface area contributed by atoms with Gasteiger partial charge >= 0.3 is 0 Å². The average Bonchev–Trinajstić information content (AvgIpc) is 3.26. The Morgan fingerprint density at radius 2 is 1.68 bits per heavy atom. The molecule has 0 bridgehead atoms. The van der Waals surface area contributed by atoms with Gasteiger partial charge in [-0.1, -0.05) is 41.9 Å². The Bertz CT molecular complexity index is 1160. The van der Waals surface area contributed by atoms with Crippen molar-refractivity contribution in [1.82, 2.24) is 15.8 Å². The van der Waals surface area contributed by atoms with Crippen LogP contribution in [0.1, 0.15) is 20.7 Å². The Hall–Kier alpha value is -3.64. The predicted molar refractivity (Wildman–Crippen MR) is 106 cm³/mol. The third-order valence-corrected chi connectivity index (χ3v) is 4.43. The number of carbonyl (C=O) groups excluding carboxylic acids is 2. The van der Waals surface area contributed by atoms with Gasteiger partial charge in [-0.3, -0.25) is 20.4 Å². The third kappa shape index (κ3) is 3.58. The molecule has 0 spiro atoms. The predicted octanol–water partition coefficient (Wildman–Crippen LogP) is 4.22. The first-order chi connectivity index (χ1) is 13.6. The van der Waals surface area contributed by atoms with E-state index in [-0.39, 0.29) is 0 Å². The molecule has 2 amide bonds. The highest BCUT2D eigenvalue weighted by atomic mass is 35.5. The van der Waals surface area contributed by atoms with E-state index >= 15 is 0 Å². The van der Waals surface area contributed by atoms with Crippen molar-refractivity contribution in [3.63, 3.8) is 0 Å². The summed E-state index contributed by atoms with van der Waals surface area (Å²) in [5.41, 5.74) is 7.64. The van der Waals surface area contributed by atoms with Crippen molar-refractivity contribution >= 4 is 34.3 Å². The average molecular weight is 392 g/mol. The fourth-order valence-electron chi connectivity index (χ4n) is 2.78. The van der Waals surface area contributed by atoms with Crippen molar-refractivity contribution in [3.05, 3.63) is 89.3 Å². The summed E-state index contributed by atoms with van der Waals surface area (Å²) >= 11 is 5.96. The zero-order valence-electron chi connectivity index (χ0n) is 14.5. The minimum atomic E-state index is -0.474. The van der Waals surface area contributed by atoms with Crippen molar-refractivity contribution in [2.45, 2.75) is 0 Å². The second-order valence-electron chi connectivity index (χ2n) is 6.00. The number of carbonyl (C=O) groups is 2. The van der Waals surface area contributed by atoms with E-state index in [1.54, 1.807) is 24.3 Å². The smallest absolute Gasteiger partial charge is 0.272 e. The molecule has 0 fully saturated rings. The van der Waals surface area contributed by atoms with Crippen LogP contribution < -0.4 is 10.9 Å². The Kier molecular flexibility index (Phi) is 4.78. The number of rotatable bonds is 3. The molecule has 0 atom stereocenters. The monoisotopic (exact) mass is 391 g/mol. The number of hydrogen-bond acceptors (Lipinski definition) is 4. The number of amides is 2. The van der Waals surface area contributed by atoms with Crippen LogP contribution in [0.25, 0.3) is 22.2 Å². The lowest BCUT2D eigenvalue weighted by molar-refractivity contribution is 0.0847. The van der Waals surface area contributed by atoms with Crippen molar-refractivity contribution in [3.8, 4) is 11.3 Å². The maximum absolute atomic E-state index is 12.8. The Labute approximate surface area is 165 Å². The maximum Gasteiger partial charge on any atom is 0.272 e. The summed E-state index contributed by atoms with van der Waals surface area (Å²) in [4.78, 5) is 29.4. The van der Waals surface area contributed by atoms with Gasteiger partial charge in [0, 0.05) is 16.0 Å². The molecule has 28 heavy (non-hydrogen) atoms. The van der Waals surface area contributed by atoms with Crippen LogP contribution in [0.2, 0.25) is 5.02 Å². The largest absolute Gasteiger partial charge is 0.472 e. The van der Waals surface area contributed by atoms with Gasteiger partial charge < -0.3 is 4.42 Å². The molecule has 2 heterocycles. The molecule has 6 nitrogen and oxygen atoms in total. The molecule has 0 saturated carbocycles. The van der Waals surface area contributed by atoms with Crippen molar-refractivity contribution in [2.75, 3.05) is 0 Å². The molecule has 0 radical (unpaired) electrons. The van der Waals surface area contributed by atoms with E-state index in [9.17, 15) is 9.59 Å². The van der Waals surface area contributed by atoms with Crippen LogP contribution in [-0.2, 0) is 0 Å². The van der Waals surface area contributed by atoms with Gasteiger partial charge in [0.1, 0.15) is 6.26 Å². The number of nitrogens with one attached hydrogen (secondary N) is 2. The quantitative estimate of drug-likeness (QED) is 0.512. The van der Waals surface area contributed by atoms with Gasteiger partial charge in [0.05, 0.1) is 28.6 Å². The standard InChI is InChI=1S/C21H14ClN3O3/c22-15-7-5-13(6-8-15)19-11-17(16-3-1-2-4-18(16)23-19)21(27)25-24-20(26)14-9-10-28-12-14/h1-12H,(H,24,26)(H,25,27). The van der Waals surface area contributed by atoms with E-state index in [4.69, 9.17) is 16.0 Å². The fraction of sp³-hybridized carbons (Fsp3) is 0. The molecule has 2 N–H and O–H groups in total. The van der Waals surface area contributed by atoms with Crippen molar-refractivity contribution in [2.24, 2.45) is 0 Å². The lowest BCUT2D eigenvalue weighted by atomic mass is 10.0. The number of pyridine rings is 1. The second kappa shape index (κ2) is 7.54.